The molecule has 3 nitrogen and oxygen atoms in total. The normalized spacial score (nSPS) is 11.9. The van der Waals surface area contributed by atoms with Gasteiger partial charge in [-0.3, -0.25) is 9.78 Å². The van der Waals surface area contributed by atoms with Crippen LogP contribution in [0.5, 0.6) is 0 Å². The summed E-state index contributed by atoms with van der Waals surface area (Å²) in [5.41, 5.74) is 1.01. The number of pyridine rings is 1. The lowest BCUT2D eigenvalue weighted by molar-refractivity contribution is -0.119. The molecule has 5 heteroatoms. The lowest BCUT2D eigenvalue weighted by Gasteiger charge is -2.13. The van der Waals surface area contributed by atoms with Gasteiger partial charge in [-0.05, 0) is 48.9 Å². The number of carbonyl (C=O) groups is 1. The minimum atomic E-state index is -0.273. The zero-order chi connectivity index (χ0) is 14.4. The highest BCUT2D eigenvalue weighted by Crippen LogP contribution is 2.18. The average molecular weight is 290 g/mol. The van der Waals surface area contributed by atoms with Gasteiger partial charge in [0.25, 0.3) is 0 Å². The number of hydrogen-bond donors (Lipinski definition) is 1. The third-order valence-corrected chi connectivity index (χ3v) is 3.78. The molecule has 1 atom stereocenters. The molecule has 1 aromatic carbocycles. The van der Waals surface area contributed by atoms with Crippen molar-refractivity contribution in [3.63, 3.8) is 0 Å². The Hall–Kier alpha value is -1.88. The van der Waals surface area contributed by atoms with Crippen molar-refractivity contribution in [3.8, 4) is 0 Å². The SMILES string of the molecule is CC(NC(=O)CSc1ccc(F)cc1)c1ccncc1. The Labute approximate surface area is 121 Å². The number of halogens is 1. The zero-order valence-corrected chi connectivity index (χ0v) is 11.9. The lowest BCUT2D eigenvalue weighted by atomic mass is 10.1. The van der Waals surface area contributed by atoms with Crippen LogP contribution < -0.4 is 5.32 Å². The van der Waals surface area contributed by atoms with E-state index in [9.17, 15) is 9.18 Å². The Bertz CT molecular complexity index is 560. The largest absolute Gasteiger partial charge is 0.349 e. The van der Waals surface area contributed by atoms with Gasteiger partial charge in [-0.1, -0.05) is 0 Å². The fourth-order valence-corrected chi connectivity index (χ4v) is 2.41. The highest BCUT2D eigenvalue weighted by Gasteiger charge is 2.09. The van der Waals surface area contributed by atoms with Crippen molar-refractivity contribution in [2.75, 3.05) is 5.75 Å². The molecule has 1 heterocycles. The smallest absolute Gasteiger partial charge is 0.230 e. The van der Waals surface area contributed by atoms with Gasteiger partial charge in [0.1, 0.15) is 5.82 Å². The molecule has 0 bridgehead atoms. The van der Waals surface area contributed by atoms with Crippen molar-refractivity contribution in [3.05, 3.63) is 60.2 Å². The number of benzene rings is 1. The van der Waals surface area contributed by atoms with Crippen LogP contribution in [0.1, 0.15) is 18.5 Å². The van der Waals surface area contributed by atoms with Crippen LogP contribution in [0.25, 0.3) is 0 Å². The first kappa shape index (κ1) is 14.5. The van der Waals surface area contributed by atoms with E-state index >= 15 is 0 Å². The van der Waals surface area contributed by atoms with Gasteiger partial charge in [0.15, 0.2) is 0 Å². The third kappa shape index (κ3) is 4.35. The molecule has 0 aliphatic rings. The fourth-order valence-electron chi connectivity index (χ4n) is 1.70. The van der Waals surface area contributed by atoms with E-state index in [1.165, 1.54) is 23.9 Å². The summed E-state index contributed by atoms with van der Waals surface area (Å²) in [5, 5.41) is 2.92. The molecule has 0 saturated heterocycles. The summed E-state index contributed by atoms with van der Waals surface area (Å²) in [7, 11) is 0. The summed E-state index contributed by atoms with van der Waals surface area (Å²) in [5.74, 6) is -0.0186. The molecular weight excluding hydrogens is 275 g/mol. The second kappa shape index (κ2) is 7.05. The average Bonchev–Trinajstić information content (AvgIpc) is 2.47. The first-order valence-corrected chi connectivity index (χ1v) is 7.21. The predicted molar refractivity (Wildman–Crippen MR) is 77.9 cm³/mol. The molecule has 0 saturated carbocycles. The lowest BCUT2D eigenvalue weighted by Crippen LogP contribution is -2.28. The molecule has 0 aliphatic carbocycles. The van der Waals surface area contributed by atoms with Crippen LogP contribution in [0.2, 0.25) is 0 Å². The van der Waals surface area contributed by atoms with Crippen LogP contribution in [0.15, 0.2) is 53.7 Å². The van der Waals surface area contributed by atoms with E-state index in [2.05, 4.69) is 10.3 Å². The number of rotatable bonds is 5. The minimum absolute atomic E-state index is 0.0522. The van der Waals surface area contributed by atoms with Gasteiger partial charge in [-0.2, -0.15) is 0 Å². The molecule has 0 spiro atoms. The van der Waals surface area contributed by atoms with Gasteiger partial charge in [0, 0.05) is 17.3 Å². The maximum atomic E-state index is 12.8. The van der Waals surface area contributed by atoms with Gasteiger partial charge >= 0.3 is 0 Å². The first-order valence-electron chi connectivity index (χ1n) is 6.23. The first-order chi connectivity index (χ1) is 9.65. The van der Waals surface area contributed by atoms with Crippen LogP contribution >= 0.6 is 11.8 Å². The van der Waals surface area contributed by atoms with Gasteiger partial charge in [-0.15, -0.1) is 11.8 Å². The van der Waals surface area contributed by atoms with E-state index in [4.69, 9.17) is 0 Å². The van der Waals surface area contributed by atoms with Crippen molar-refractivity contribution in [2.24, 2.45) is 0 Å². The number of amides is 1. The van der Waals surface area contributed by atoms with E-state index in [0.717, 1.165) is 10.5 Å². The van der Waals surface area contributed by atoms with Crippen molar-refractivity contribution in [1.82, 2.24) is 10.3 Å². The zero-order valence-electron chi connectivity index (χ0n) is 11.0. The maximum Gasteiger partial charge on any atom is 0.230 e. The van der Waals surface area contributed by atoms with Gasteiger partial charge in [0.05, 0.1) is 11.8 Å². The summed E-state index contributed by atoms with van der Waals surface area (Å²) < 4.78 is 12.8. The van der Waals surface area contributed by atoms with E-state index in [0.29, 0.717) is 5.75 Å². The Morgan fingerprint density at radius 3 is 2.55 bits per heavy atom. The van der Waals surface area contributed by atoms with Crippen LogP contribution in [0.4, 0.5) is 4.39 Å². The minimum Gasteiger partial charge on any atom is -0.349 e. The molecule has 1 N–H and O–H groups in total. The molecule has 2 rings (SSSR count). The Morgan fingerprint density at radius 2 is 1.90 bits per heavy atom. The number of aromatic nitrogens is 1. The maximum absolute atomic E-state index is 12.8. The van der Waals surface area contributed by atoms with Gasteiger partial charge in [0.2, 0.25) is 5.91 Å². The molecule has 1 amide bonds. The summed E-state index contributed by atoms with van der Waals surface area (Å²) >= 11 is 1.38. The molecule has 0 fully saturated rings. The Morgan fingerprint density at radius 1 is 1.25 bits per heavy atom. The third-order valence-electron chi connectivity index (χ3n) is 2.77. The predicted octanol–water partition coefficient (Wildman–Crippen LogP) is 3.19. The molecular formula is C15H15FN2OS. The summed E-state index contributed by atoms with van der Waals surface area (Å²) in [6.45, 7) is 1.93. The van der Waals surface area contributed by atoms with Crippen LogP contribution in [-0.4, -0.2) is 16.6 Å². The van der Waals surface area contributed by atoms with E-state index < -0.39 is 0 Å². The Balaban J connectivity index is 1.82. The fraction of sp³-hybridized carbons (Fsp3) is 0.200. The van der Waals surface area contributed by atoms with Crippen molar-refractivity contribution >= 4 is 17.7 Å². The number of carbonyl (C=O) groups excluding carboxylic acids is 1. The number of nitrogens with zero attached hydrogens (tertiary/aromatic N) is 1. The van der Waals surface area contributed by atoms with Gasteiger partial charge < -0.3 is 5.32 Å². The Kier molecular flexibility index (Phi) is 5.12. The van der Waals surface area contributed by atoms with Crippen LogP contribution in [-0.2, 0) is 4.79 Å². The summed E-state index contributed by atoms with van der Waals surface area (Å²) in [6.07, 6.45) is 3.40. The second-order valence-electron chi connectivity index (χ2n) is 4.31. The molecule has 0 radical (unpaired) electrons. The van der Waals surface area contributed by atoms with Crippen molar-refractivity contribution in [2.45, 2.75) is 17.9 Å². The second-order valence-corrected chi connectivity index (χ2v) is 5.36. The van der Waals surface area contributed by atoms with E-state index in [-0.39, 0.29) is 17.8 Å². The van der Waals surface area contributed by atoms with Crippen molar-refractivity contribution < 1.29 is 9.18 Å². The highest BCUT2D eigenvalue weighted by atomic mass is 32.2. The van der Waals surface area contributed by atoms with Gasteiger partial charge in [-0.25, -0.2) is 4.39 Å². The number of thioether (sulfide) groups is 1. The standard InChI is InChI=1S/C15H15FN2OS/c1-11(12-6-8-17-9-7-12)18-15(19)10-20-14-4-2-13(16)3-5-14/h2-9,11H,10H2,1H3,(H,18,19). The molecule has 1 unspecified atom stereocenters. The highest BCUT2D eigenvalue weighted by molar-refractivity contribution is 8.00. The van der Waals surface area contributed by atoms with Crippen LogP contribution in [0, 0.1) is 5.82 Å². The molecule has 20 heavy (non-hydrogen) atoms. The molecule has 1 aromatic heterocycles. The van der Waals surface area contributed by atoms with Crippen LogP contribution in [0.3, 0.4) is 0 Å². The molecule has 2 aromatic rings. The molecule has 104 valence electrons. The quantitative estimate of drug-likeness (QED) is 0.860. The monoisotopic (exact) mass is 290 g/mol. The topological polar surface area (TPSA) is 42.0 Å². The summed E-state index contributed by atoms with van der Waals surface area (Å²) in [4.78, 5) is 16.7. The number of nitrogens with one attached hydrogen (secondary N) is 1. The molecule has 0 aliphatic heterocycles. The van der Waals surface area contributed by atoms with E-state index in [1.807, 2.05) is 19.1 Å². The number of hydrogen-bond acceptors (Lipinski definition) is 3. The summed E-state index contributed by atoms with van der Waals surface area (Å²) in [6, 6.07) is 9.80. The van der Waals surface area contributed by atoms with E-state index in [1.54, 1.807) is 24.5 Å². The van der Waals surface area contributed by atoms with Crippen molar-refractivity contribution in [1.29, 1.82) is 0 Å².